The number of hydrogen-bond donors (Lipinski definition) is 2. The molecule has 2 rings (SSSR count). The van der Waals surface area contributed by atoms with E-state index in [1.54, 1.807) is 0 Å². The van der Waals surface area contributed by atoms with E-state index in [1.165, 1.54) is 0 Å². The first-order valence-corrected chi connectivity index (χ1v) is 7.56. The highest BCUT2D eigenvalue weighted by Gasteiger charge is 2.32. The molecule has 0 saturated heterocycles. The largest absolute Gasteiger partial charge is 0.493 e. The van der Waals surface area contributed by atoms with Gasteiger partial charge in [0, 0.05) is 18.2 Å². The van der Waals surface area contributed by atoms with Crippen LogP contribution in [0.2, 0.25) is 0 Å². The fourth-order valence-corrected chi connectivity index (χ4v) is 2.74. The van der Waals surface area contributed by atoms with Crippen molar-refractivity contribution in [2.24, 2.45) is 5.41 Å². The number of para-hydroxylation sites is 1. The number of carbonyl (C=O) groups excluding carboxylic acids is 1. The van der Waals surface area contributed by atoms with Crippen LogP contribution in [0.3, 0.4) is 0 Å². The Kier molecular flexibility index (Phi) is 4.88. The third-order valence-electron chi connectivity index (χ3n) is 4.05. The molecule has 21 heavy (non-hydrogen) atoms. The molecule has 1 aromatic rings. The van der Waals surface area contributed by atoms with Crippen LogP contribution < -0.4 is 10.1 Å². The van der Waals surface area contributed by atoms with Gasteiger partial charge in [0.05, 0.1) is 12.5 Å². The minimum absolute atomic E-state index is 0.0270. The van der Waals surface area contributed by atoms with E-state index in [9.17, 15) is 9.90 Å². The Morgan fingerprint density at radius 2 is 2.14 bits per heavy atom. The summed E-state index contributed by atoms with van der Waals surface area (Å²) in [6, 6.07) is 7.68. The van der Waals surface area contributed by atoms with Crippen LogP contribution in [0.15, 0.2) is 24.3 Å². The van der Waals surface area contributed by atoms with Crippen molar-refractivity contribution in [2.75, 3.05) is 13.2 Å². The maximum absolute atomic E-state index is 12.6. The number of benzene rings is 1. The summed E-state index contributed by atoms with van der Waals surface area (Å²) in [6.45, 7) is 6.87. The van der Waals surface area contributed by atoms with Gasteiger partial charge in [0.15, 0.2) is 0 Å². The lowest BCUT2D eigenvalue weighted by Crippen LogP contribution is -2.46. The second-order valence-electron chi connectivity index (χ2n) is 6.67. The molecule has 2 atom stereocenters. The van der Waals surface area contributed by atoms with E-state index in [2.05, 4.69) is 26.1 Å². The number of fused-ring (bicyclic) bond motifs is 1. The molecule has 4 heteroatoms. The molecular weight excluding hydrogens is 266 g/mol. The predicted octanol–water partition coefficient (Wildman–Crippen LogP) is 2.47. The standard InChI is InChI=1S/C17H25NO3/c1-17(2,3)15(8-10-19)18-16(20)13-9-11-21-14-7-5-4-6-12(13)14/h4-7,13,15,19H,8-11H2,1-3H3,(H,18,20). The van der Waals surface area contributed by atoms with Crippen molar-refractivity contribution in [3.05, 3.63) is 29.8 Å². The Balaban J connectivity index is 2.14. The summed E-state index contributed by atoms with van der Waals surface area (Å²) in [4.78, 5) is 12.6. The van der Waals surface area contributed by atoms with Gasteiger partial charge in [-0.25, -0.2) is 0 Å². The van der Waals surface area contributed by atoms with Crippen molar-refractivity contribution in [1.82, 2.24) is 5.32 Å². The number of nitrogens with one attached hydrogen (secondary N) is 1. The summed E-state index contributed by atoms with van der Waals surface area (Å²) in [5, 5.41) is 12.3. The Hall–Kier alpha value is -1.55. The first-order chi connectivity index (χ1) is 9.93. The smallest absolute Gasteiger partial charge is 0.228 e. The van der Waals surface area contributed by atoms with Crippen LogP contribution in [-0.4, -0.2) is 30.3 Å². The molecule has 0 fully saturated rings. The molecule has 4 nitrogen and oxygen atoms in total. The van der Waals surface area contributed by atoms with E-state index in [0.717, 1.165) is 11.3 Å². The Morgan fingerprint density at radius 3 is 2.81 bits per heavy atom. The first-order valence-electron chi connectivity index (χ1n) is 7.56. The summed E-state index contributed by atoms with van der Waals surface area (Å²) in [6.07, 6.45) is 1.26. The van der Waals surface area contributed by atoms with Gasteiger partial charge in [-0.3, -0.25) is 4.79 Å². The van der Waals surface area contributed by atoms with Crippen molar-refractivity contribution in [3.8, 4) is 5.75 Å². The minimum Gasteiger partial charge on any atom is -0.493 e. The first kappa shape index (κ1) is 15.8. The monoisotopic (exact) mass is 291 g/mol. The highest BCUT2D eigenvalue weighted by Crippen LogP contribution is 2.34. The average molecular weight is 291 g/mol. The van der Waals surface area contributed by atoms with Gasteiger partial charge in [0.2, 0.25) is 5.91 Å². The topological polar surface area (TPSA) is 58.6 Å². The van der Waals surface area contributed by atoms with Crippen LogP contribution in [0.5, 0.6) is 5.75 Å². The number of rotatable bonds is 4. The van der Waals surface area contributed by atoms with Crippen LogP contribution in [0, 0.1) is 5.41 Å². The zero-order chi connectivity index (χ0) is 15.5. The highest BCUT2D eigenvalue weighted by molar-refractivity contribution is 5.85. The van der Waals surface area contributed by atoms with Gasteiger partial charge in [0.25, 0.3) is 0 Å². The third kappa shape index (κ3) is 3.76. The zero-order valence-electron chi connectivity index (χ0n) is 13.1. The lowest BCUT2D eigenvalue weighted by molar-refractivity contribution is -0.124. The van der Waals surface area contributed by atoms with Gasteiger partial charge < -0.3 is 15.2 Å². The summed E-state index contributed by atoms with van der Waals surface area (Å²) in [5.74, 6) is 0.663. The van der Waals surface area contributed by atoms with Gasteiger partial charge in [0.1, 0.15) is 5.75 Å². The van der Waals surface area contributed by atoms with E-state index in [0.29, 0.717) is 19.4 Å². The van der Waals surface area contributed by atoms with Crippen molar-refractivity contribution in [3.63, 3.8) is 0 Å². The molecule has 1 aliphatic rings. The van der Waals surface area contributed by atoms with E-state index in [1.807, 2.05) is 24.3 Å². The molecule has 116 valence electrons. The van der Waals surface area contributed by atoms with Gasteiger partial charge in [-0.05, 0) is 24.3 Å². The summed E-state index contributed by atoms with van der Waals surface area (Å²) >= 11 is 0. The summed E-state index contributed by atoms with van der Waals surface area (Å²) in [7, 11) is 0. The lowest BCUT2D eigenvalue weighted by Gasteiger charge is -2.33. The quantitative estimate of drug-likeness (QED) is 0.896. The number of hydrogen-bond acceptors (Lipinski definition) is 3. The number of ether oxygens (including phenoxy) is 1. The van der Waals surface area contributed by atoms with Gasteiger partial charge in [-0.1, -0.05) is 39.0 Å². The summed E-state index contributed by atoms with van der Waals surface area (Å²) in [5.41, 5.74) is 0.876. The Morgan fingerprint density at radius 1 is 1.43 bits per heavy atom. The Labute approximate surface area is 126 Å². The molecule has 0 spiro atoms. The molecule has 0 radical (unpaired) electrons. The number of carbonyl (C=O) groups is 1. The molecule has 0 aliphatic carbocycles. The molecule has 2 unspecified atom stereocenters. The van der Waals surface area contributed by atoms with Crippen molar-refractivity contribution in [2.45, 2.75) is 45.6 Å². The van der Waals surface area contributed by atoms with Gasteiger partial charge in [-0.2, -0.15) is 0 Å². The van der Waals surface area contributed by atoms with Crippen molar-refractivity contribution >= 4 is 5.91 Å². The van der Waals surface area contributed by atoms with E-state index in [-0.39, 0.29) is 29.9 Å². The van der Waals surface area contributed by atoms with E-state index in [4.69, 9.17) is 4.74 Å². The molecule has 0 bridgehead atoms. The number of aliphatic hydroxyl groups excluding tert-OH is 1. The number of aliphatic hydroxyl groups is 1. The molecule has 2 N–H and O–H groups in total. The number of amides is 1. The predicted molar refractivity (Wildman–Crippen MR) is 82.4 cm³/mol. The molecule has 0 aromatic heterocycles. The van der Waals surface area contributed by atoms with E-state index < -0.39 is 0 Å². The SMILES string of the molecule is CC(C)(C)C(CCO)NC(=O)C1CCOc2ccccc21. The molecule has 1 amide bonds. The molecule has 1 aliphatic heterocycles. The van der Waals surface area contributed by atoms with Crippen LogP contribution >= 0.6 is 0 Å². The van der Waals surface area contributed by atoms with Crippen LogP contribution in [0.25, 0.3) is 0 Å². The van der Waals surface area contributed by atoms with Gasteiger partial charge >= 0.3 is 0 Å². The molecular formula is C17H25NO3. The normalized spacial score (nSPS) is 19.3. The molecule has 1 heterocycles. The van der Waals surface area contributed by atoms with Crippen molar-refractivity contribution < 1.29 is 14.6 Å². The van der Waals surface area contributed by atoms with Crippen molar-refractivity contribution in [1.29, 1.82) is 0 Å². The minimum atomic E-state index is -0.168. The van der Waals surface area contributed by atoms with E-state index >= 15 is 0 Å². The highest BCUT2D eigenvalue weighted by atomic mass is 16.5. The second-order valence-corrected chi connectivity index (χ2v) is 6.67. The van der Waals surface area contributed by atoms with Crippen LogP contribution in [0.4, 0.5) is 0 Å². The average Bonchev–Trinajstić information content (AvgIpc) is 2.45. The lowest BCUT2D eigenvalue weighted by atomic mass is 9.84. The summed E-state index contributed by atoms with van der Waals surface area (Å²) < 4.78 is 5.60. The second kappa shape index (κ2) is 6.48. The Bertz CT molecular complexity index is 493. The van der Waals surface area contributed by atoms with Crippen LogP contribution in [0.1, 0.15) is 45.1 Å². The van der Waals surface area contributed by atoms with Crippen LogP contribution in [-0.2, 0) is 4.79 Å². The zero-order valence-corrected chi connectivity index (χ0v) is 13.1. The van der Waals surface area contributed by atoms with Gasteiger partial charge in [-0.15, -0.1) is 0 Å². The molecule has 1 aromatic carbocycles. The fraction of sp³-hybridized carbons (Fsp3) is 0.588. The molecule has 0 saturated carbocycles. The maximum Gasteiger partial charge on any atom is 0.228 e. The maximum atomic E-state index is 12.6. The third-order valence-corrected chi connectivity index (χ3v) is 4.05. The fourth-order valence-electron chi connectivity index (χ4n) is 2.74.